The van der Waals surface area contributed by atoms with E-state index in [0.29, 0.717) is 10.1 Å². The van der Waals surface area contributed by atoms with Crippen LogP contribution in [-0.2, 0) is 22.9 Å². The number of allylic oxidation sites excluding steroid dienone is 8. The zero-order chi connectivity index (χ0) is 16.3. The van der Waals surface area contributed by atoms with Gasteiger partial charge in [0.15, 0.2) is 0 Å². The van der Waals surface area contributed by atoms with Gasteiger partial charge in [-0.1, -0.05) is 0 Å². The molecule has 2 aliphatic carbocycles. The van der Waals surface area contributed by atoms with Crippen LogP contribution in [0.5, 0.6) is 0 Å². The van der Waals surface area contributed by atoms with E-state index in [4.69, 9.17) is 0 Å². The van der Waals surface area contributed by atoms with E-state index in [0.717, 1.165) is 0 Å². The van der Waals surface area contributed by atoms with Crippen LogP contribution in [-0.4, -0.2) is 20.5 Å². The Labute approximate surface area is 148 Å². The SMILES string of the molecule is CC1=C(C)C(C)([SiH3])[C]([Hf][C]2=C(C)C(C)=C(C)C2(C)[SiH3])=C1C. The van der Waals surface area contributed by atoms with E-state index in [-0.39, 0.29) is 0 Å². The van der Waals surface area contributed by atoms with E-state index in [1.165, 1.54) is 20.5 Å². The summed E-state index contributed by atoms with van der Waals surface area (Å²) in [6.45, 7) is 19.3. The van der Waals surface area contributed by atoms with Crippen LogP contribution in [0.1, 0.15) is 55.4 Å². The number of rotatable bonds is 2. The second-order valence-corrected chi connectivity index (χ2v) is 16.4. The first kappa shape index (κ1) is 17.6. The summed E-state index contributed by atoms with van der Waals surface area (Å²) >= 11 is -0.927. The van der Waals surface area contributed by atoms with E-state index in [9.17, 15) is 0 Å². The van der Waals surface area contributed by atoms with Crippen molar-refractivity contribution in [3.63, 3.8) is 0 Å². The van der Waals surface area contributed by atoms with Gasteiger partial charge in [-0.15, -0.1) is 0 Å². The zero-order valence-corrected chi connectivity index (χ0v) is 23.1. The quantitative estimate of drug-likeness (QED) is 0.531. The van der Waals surface area contributed by atoms with Crippen molar-refractivity contribution < 1.29 is 22.9 Å². The van der Waals surface area contributed by atoms with Crippen molar-refractivity contribution in [2.24, 2.45) is 0 Å². The molecular formula is C18H30HfSi2. The third-order valence-corrected chi connectivity index (χ3v) is 21.4. The molecule has 0 bridgehead atoms. The van der Waals surface area contributed by atoms with Gasteiger partial charge in [0.05, 0.1) is 0 Å². The van der Waals surface area contributed by atoms with E-state index in [1.807, 2.05) is 6.66 Å². The van der Waals surface area contributed by atoms with Gasteiger partial charge in [0.1, 0.15) is 0 Å². The average Bonchev–Trinajstić information content (AvgIpc) is 2.63. The third-order valence-electron chi connectivity index (χ3n) is 6.38. The van der Waals surface area contributed by atoms with Gasteiger partial charge in [0.25, 0.3) is 0 Å². The van der Waals surface area contributed by atoms with Crippen LogP contribution in [0.2, 0.25) is 10.1 Å². The molecule has 3 heteroatoms. The Morgan fingerprint density at radius 1 is 0.619 bits per heavy atom. The van der Waals surface area contributed by atoms with E-state index < -0.39 is 22.9 Å². The molecule has 0 aliphatic heterocycles. The van der Waals surface area contributed by atoms with Crippen LogP contribution < -0.4 is 0 Å². The van der Waals surface area contributed by atoms with Crippen LogP contribution >= 0.6 is 0 Å². The molecule has 114 valence electrons. The number of hydrogen-bond acceptors (Lipinski definition) is 0. The summed E-state index contributed by atoms with van der Waals surface area (Å²) in [4.78, 5) is 0. The van der Waals surface area contributed by atoms with Crippen LogP contribution in [0.25, 0.3) is 0 Å². The average molecular weight is 481 g/mol. The monoisotopic (exact) mass is 482 g/mol. The minimum absolute atomic E-state index is 0.451. The summed E-state index contributed by atoms with van der Waals surface area (Å²) in [5.74, 6) is 0. The molecule has 0 N–H and O–H groups in total. The summed E-state index contributed by atoms with van der Waals surface area (Å²) in [6.07, 6.45) is 0. The Balaban J connectivity index is 2.47. The topological polar surface area (TPSA) is 0 Å². The molecule has 0 nitrogen and oxygen atoms in total. The van der Waals surface area contributed by atoms with Crippen molar-refractivity contribution in [3.8, 4) is 0 Å². The van der Waals surface area contributed by atoms with Gasteiger partial charge in [0.2, 0.25) is 0 Å². The molecular weight excluding hydrogens is 451 g/mol. The van der Waals surface area contributed by atoms with Gasteiger partial charge >= 0.3 is 149 Å². The van der Waals surface area contributed by atoms with Crippen molar-refractivity contribution in [3.05, 3.63) is 40.1 Å². The molecule has 0 heterocycles. The van der Waals surface area contributed by atoms with Crippen LogP contribution in [0, 0.1) is 0 Å². The Morgan fingerprint density at radius 2 is 0.905 bits per heavy atom. The molecule has 2 rings (SSSR count). The first-order valence-corrected chi connectivity index (χ1v) is 13.6. The summed E-state index contributed by atoms with van der Waals surface area (Å²) in [7, 11) is 2.52. The first-order chi connectivity index (χ1) is 9.44. The van der Waals surface area contributed by atoms with Gasteiger partial charge < -0.3 is 0 Å². The predicted molar refractivity (Wildman–Crippen MR) is 98.8 cm³/mol. The van der Waals surface area contributed by atoms with Crippen LogP contribution in [0.4, 0.5) is 0 Å². The molecule has 0 aromatic rings. The van der Waals surface area contributed by atoms with Crippen LogP contribution in [0.15, 0.2) is 40.1 Å². The molecule has 2 unspecified atom stereocenters. The second-order valence-electron chi connectivity index (χ2n) is 7.88. The molecule has 21 heavy (non-hydrogen) atoms. The summed E-state index contributed by atoms with van der Waals surface area (Å²) in [5.41, 5.74) is 9.86. The molecule has 2 atom stereocenters. The van der Waals surface area contributed by atoms with Gasteiger partial charge in [-0.3, -0.25) is 0 Å². The van der Waals surface area contributed by atoms with E-state index in [2.05, 4.69) is 55.4 Å². The van der Waals surface area contributed by atoms with Crippen molar-refractivity contribution in [2.75, 3.05) is 0 Å². The fourth-order valence-corrected chi connectivity index (χ4v) is 14.5. The Kier molecular flexibility index (Phi) is 4.54. The molecule has 0 amide bonds. The molecule has 0 radical (unpaired) electrons. The Morgan fingerprint density at radius 3 is 1.10 bits per heavy atom. The van der Waals surface area contributed by atoms with E-state index >= 15 is 0 Å². The fourth-order valence-electron chi connectivity index (χ4n) is 3.81. The van der Waals surface area contributed by atoms with Gasteiger partial charge in [0, 0.05) is 0 Å². The zero-order valence-electron chi connectivity index (χ0n) is 15.5. The standard InChI is InChI=1S/2C9H15Si.Hf/c2*1-6-5-9(4,10)8(3)7(6)2;/h2*1-4,10H3;. The maximum absolute atomic E-state index is 2.51. The summed E-state index contributed by atoms with van der Waals surface area (Å²) < 4.78 is 3.81. The van der Waals surface area contributed by atoms with Crippen molar-refractivity contribution in [2.45, 2.75) is 65.5 Å². The number of hydrogen-bond donors (Lipinski definition) is 0. The van der Waals surface area contributed by atoms with Gasteiger partial charge in [-0.2, -0.15) is 0 Å². The van der Waals surface area contributed by atoms with E-state index in [1.54, 1.807) is 33.4 Å². The summed E-state index contributed by atoms with van der Waals surface area (Å²) in [6, 6.07) is 0. The molecule has 0 fully saturated rings. The fraction of sp³-hybridized carbons (Fsp3) is 0.556. The molecule has 2 aliphatic rings. The third kappa shape index (κ3) is 2.47. The Hall–Kier alpha value is 0.264. The molecule has 0 aromatic heterocycles. The van der Waals surface area contributed by atoms with Crippen LogP contribution in [0.3, 0.4) is 0 Å². The molecule has 0 saturated heterocycles. The molecule has 0 saturated carbocycles. The van der Waals surface area contributed by atoms with Crippen molar-refractivity contribution >= 4 is 20.5 Å². The van der Waals surface area contributed by atoms with Crippen molar-refractivity contribution in [1.82, 2.24) is 0 Å². The maximum atomic E-state index is 2.51. The molecule has 0 spiro atoms. The normalized spacial score (nSPS) is 34.1. The minimum atomic E-state index is -0.927. The molecule has 0 aromatic carbocycles. The Bertz CT molecular complexity index is 584. The van der Waals surface area contributed by atoms with Crippen molar-refractivity contribution in [1.29, 1.82) is 0 Å². The van der Waals surface area contributed by atoms with Gasteiger partial charge in [-0.25, -0.2) is 0 Å². The first-order valence-electron chi connectivity index (χ1n) is 8.00. The van der Waals surface area contributed by atoms with Gasteiger partial charge in [-0.05, 0) is 0 Å². The predicted octanol–water partition coefficient (Wildman–Crippen LogP) is 3.40. The summed E-state index contributed by atoms with van der Waals surface area (Å²) in [5, 5.41) is 0.902. The second kappa shape index (κ2) is 5.42.